The molecule has 0 aliphatic heterocycles. The molecule has 0 radical (unpaired) electrons. The molecule has 0 unspecified atom stereocenters. The molecule has 0 saturated heterocycles. The van der Waals surface area contributed by atoms with Crippen molar-refractivity contribution in [1.29, 1.82) is 0 Å². The van der Waals surface area contributed by atoms with Crippen LogP contribution in [0.25, 0.3) is 0 Å². The number of hydrogen-bond acceptors (Lipinski definition) is 4. The van der Waals surface area contributed by atoms with Gasteiger partial charge in [-0.25, -0.2) is 0 Å². The average Bonchev–Trinajstić information content (AvgIpc) is 2.87. The number of para-hydroxylation sites is 1. The Morgan fingerprint density at radius 3 is 2.44 bits per heavy atom. The highest BCUT2D eigenvalue weighted by molar-refractivity contribution is 5.20. The fourth-order valence-corrected chi connectivity index (χ4v) is 1.52. The molecule has 0 bridgehead atoms. The van der Waals surface area contributed by atoms with Gasteiger partial charge in [0.25, 0.3) is 0 Å². The molecular formula is C14H17NO3. The average molecular weight is 247 g/mol. The van der Waals surface area contributed by atoms with Gasteiger partial charge in [-0.1, -0.05) is 18.2 Å². The van der Waals surface area contributed by atoms with Crippen LogP contribution in [0.15, 0.2) is 46.9 Å². The fraction of sp³-hybridized carbons (Fsp3) is 0.286. The molecular weight excluding hydrogens is 230 g/mol. The van der Waals surface area contributed by atoms with E-state index in [1.54, 1.807) is 0 Å². The zero-order chi connectivity index (χ0) is 12.6. The minimum Gasteiger partial charge on any atom is -0.491 e. The molecule has 2 rings (SSSR count). The van der Waals surface area contributed by atoms with Crippen molar-refractivity contribution in [3.63, 3.8) is 0 Å². The normalized spacial score (nSPS) is 10.5. The molecule has 0 aliphatic rings. The van der Waals surface area contributed by atoms with Gasteiger partial charge in [0.05, 0.1) is 13.2 Å². The largest absolute Gasteiger partial charge is 0.491 e. The van der Waals surface area contributed by atoms with Crippen LogP contribution in [0.5, 0.6) is 5.75 Å². The van der Waals surface area contributed by atoms with Crippen molar-refractivity contribution in [3.8, 4) is 5.75 Å². The first-order valence-electron chi connectivity index (χ1n) is 5.92. The van der Waals surface area contributed by atoms with Crippen molar-refractivity contribution in [2.24, 2.45) is 5.73 Å². The maximum absolute atomic E-state index is 5.49. The van der Waals surface area contributed by atoms with E-state index < -0.39 is 0 Å². The van der Waals surface area contributed by atoms with E-state index in [1.807, 2.05) is 42.5 Å². The molecule has 96 valence electrons. The van der Waals surface area contributed by atoms with Gasteiger partial charge < -0.3 is 19.6 Å². The predicted octanol–water partition coefficient (Wildman–Crippen LogP) is 2.33. The number of rotatable bonds is 7. The Kier molecular flexibility index (Phi) is 4.81. The lowest BCUT2D eigenvalue weighted by Crippen LogP contribution is -2.06. The Hall–Kier alpha value is -1.78. The van der Waals surface area contributed by atoms with Crippen LogP contribution < -0.4 is 10.5 Å². The van der Waals surface area contributed by atoms with E-state index in [1.165, 1.54) is 0 Å². The molecule has 1 heterocycles. The minimum absolute atomic E-state index is 0.414. The summed E-state index contributed by atoms with van der Waals surface area (Å²) in [4.78, 5) is 0. The van der Waals surface area contributed by atoms with Crippen LogP contribution in [0, 0.1) is 0 Å². The fourth-order valence-electron chi connectivity index (χ4n) is 1.52. The van der Waals surface area contributed by atoms with Crippen LogP contribution in [0.3, 0.4) is 0 Å². The highest BCUT2D eigenvalue weighted by Gasteiger charge is 2.00. The summed E-state index contributed by atoms with van der Waals surface area (Å²) in [5, 5.41) is 0. The molecule has 4 heteroatoms. The Bertz CT molecular complexity index is 453. The smallest absolute Gasteiger partial charge is 0.129 e. The Labute approximate surface area is 106 Å². The third-order valence-corrected chi connectivity index (χ3v) is 2.40. The van der Waals surface area contributed by atoms with Gasteiger partial charge >= 0.3 is 0 Å². The van der Waals surface area contributed by atoms with Crippen molar-refractivity contribution in [3.05, 3.63) is 54.0 Å². The van der Waals surface area contributed by atoms with Crippen LogP contribution in [-0.2, 0) is 17.9 Å². The molecule has 4 nitrogen and oxygen atoms in total. The van der Waals surface area contributed by atoms with Gasteiger partial charge in [0.2, 0.25) is 0 Å². The Morgan fingerprint density at radius 1 is 0.944 bits per heavy atom. The second-order valence-electron chi connectivity index (χ2n) is 3.79. The Morgan fingerprint density at radius 2 is 1.72 bits per heavy atom. The van der Waals surface area contributed by atoms with Crippen LogP contribution in [0.1, 0.15) is 11.5 Å². The Balaban J connectivity index is 1.61. The van der Waals surface area contributed by atoms with Gasteiger partial charge in [-0.3, -0.25) is 0 Å². The van der Waals surface area contributed by atoms with Crippen LogP contribution >= 0.6 is 0 Å². The number of nitrogens with two attached hydrogens (primary N) is 1. The van der Waals surface area contributed by atoms with E-state index in [4.69, 9.17) is 19.6 Å². The zero-order valence-corrected chi connectivity index (χ0v) is 10.2. The van der Waals surface area contributed by atoms with Gasteiger partial charge in [-0.15, -0.1) is 0 Å². The zero-order valence-electron chi connectivity index (χ0n) is 10.2. The molecule has 0 atom stereocenters. The number of hydrogen-bond donors (Lipinski definition) is 1. The number of benzene rings is 1. The van der Waals surface area contributed by atoms with Gasteiger partial charge in [0.1, 0.15) is 30.5 Å². The highest BCUT2D eigenvalue weighted by Crippen LogP contribution is 2.09. The summed E-state index contributed by atoms with van der Waals surface area (Å²) >= 11 is 0. The van der Waals surface area contributed by atoms with Gasteiger partial charge in [0.15, 0.2) is 0 Å². The molecule has 0 aliphatic carbocycles. The van der Waals surface area contributed by atoms with Crippen molar-refractivity contribution in [1.82, 2.24) is 0 Å². The molecule has 2 N–H and O–H groups in total. The summed E-state index contributed by atoms with van der Waals surface area (Å²) in [6.07, 6.45) is 0. The van der Waals surface area contributed by atoms with Crippen molar-refractivity contribution in [2.45, 2.75) is 13.2 Å². The lowest BCUT2D eigenvalue weighted by molar-refractivity contribution is 0.0775. The summed E-state index contributed by atoms with van der Waals surface area (Å²) in [6, 6.07) is 13.4. The van der Waals surface area contributed by atoms with Gasteiger partial charge in [-0.05, 0) is 24.3 Å². The maximum Gasteiger partial charge on any atom is 0.129 e. The second kappa shape index (κ2) is 6.83. The topological polar surface area (TPSA) is 57.6 Å². The SMILES string of the molecule is NCc1ccc(COCCOc2ccccc2)o1. The minimum atomic E-state index is 0.414. The first-order chi connectivity index (χ1) is 8.88. The molecule has 0 spiro atoms. The van der Waals surface area contributed by atoms with Gasteiger partial charge in [-0.2, -0.15) is 0 Å². The van der Waals surface area contributed by atoms with E-state index in [-0.39, 0.29) is 0 Å². The number of furan rings is 1. The highest BCUT2D eigenvalue weighted by atomic mass is 16.5. The first-order valence-corrected chi connectivity index (χ1v) is 5.92. The molecule has 0 saturated carbocycles. The maximum atomic E-state index is 5.49. The summed E-state index contributed by atoms with van der Waals surface area (Å²) in [5.74, 6) is 2.41. The van der Waals surface area contributed by atoms with E-state index in [9.17, 15) is 0 Å². The summed E-state index contributed by atoms with van der Waals surface area (Å²) in [6.45, 7) is 1.90. The van der Waals surface area contributed by atoms with Crippen LogP contribution in [-0.4, -0.2) is 13.2 Å². The molecule has 0 amide bonds. The molecule has 0 fully saturated rings. The van der Waals surface area contributed by atoms with E-state index in [0.717, 1.165) is 17.3 Å². The van der Waals surface area contributed by atoms with Crippen molar-refractivity contribution < 1.29 is 13.9 Å². The molecule has 2 aromatic rings. The third-order valence-electron chi connectivity index (χ3n) is 2.40. The van der Waals surface area contributed by atoms with Crippen LogP contribution in [0.4, 0.5) is 0 Å². The van der Waals surface area contributed by atoms with Gasteiger partial charge in [0, 0.05) is 0 Å². The first kappa shape index (κ1) is 12.7. The van der Waals surface area contributed by atoms with E-state index in [0.29, 0.717) is 26.4 Å². The van der Waals surface area contributed by atoms with E-state index in [2.05, 4.69) is 0 Å². The van der Waals surface area contributed by atoms with Crippen LogP contribution in [0.2, 0.25) is 0 Å². The summed E-state index contributed by atoms with van der Waals surface area (Å²) in [5.41, 5.74) is 5.45. The lowest BCUT2D eigenvalue weighted by Gasteiger charge is -2.05. The predicted molar refractivity (Wildman–Crippen MR) is 68.2 cm³/mol. The molecule has 1 aromatic heterocycles. The molecule has 1 aromatic carbocycles. The molecule has 18 heavy (non-hydrogen) atoms. The standard InChI is InChI=1S/C14H17NO3/c15-10-13-6-7-14(18-13)11-16-8-9-17-12-4-2-1-3-5-12/h1-7H,8-11,15H2. The monoisotopic (exact) mass is 247 g/mol. The quantitative estimate of drug-likeness (QED) is 0.763. The summed E-state index contributed by atoms with van der Waals surface area (Å²) < 4.78 is 16.3. The lowest BCUT2D eigenvalue weighted by atomic mass is 10.3. The third kappa shape index (κ3) is 3.91. The number of ether oxygens (including phenoxy) is 2. The van der Waals surface area contributed by atoms with E-state index >= 15 is 0 Å². The summed E-state index contributed by atoms with van der Waals surface area (Å²) in [7, 11) is 0. The van der Waals surface area contributed by atoms with Crippen molar-refractivity contribution >= 4 is 0 Å². The van der Waals surface area contributed by atoms with Crippen molar-refractivity contribution in [2.75, 3.05) is 13.2 Å². The second-order valence-corrected chi connectivity index (χ2v) is 3.79.